The Balaban J connectivity index is 2.06. The van der Waals surface area contributed by atoms with Gasteiger partial charge in [-0.2, -0.15) is 9.57 Å². The number of hydrogen-bond donors (Lipinski definition) is 0. The lowest BCUT2D eigenvalue weighted by Gasteiger charge is -2.38. The summed E-state index contributed by atoms with van der Waals surface area (Å²) in [6.07, 6.45) is 0. The molecular formula is C20H30N4O3S. The van der Waals surface area contributed by atoms with Gasteiger partial charge in [0.2, 0.25) is 10.0 Å². The summed E-state index contributed by atoms with van der Waals surface area (Å²) in [5, 5.41) is 9.34. The smallest absolute Gasteiger partial charge is 0.253 e. The summed E-state index contributed by atoms with van der Waals surface area (Å²) in [6.45, 7) is 10.1. The van der Waals surface area contributed by atoms with Crippen LogP contribution in [-0.2, 0) is 10.0 Å². The molecule has 1 heterocycles. The number of nitriles is 1. The van der Waals surface area contributed by atoms with Crippen LogP contribution in [0.3, 0.4) is 0 Å². The molecular weight excluding hydrogens is 376 g/mol. The minimum absolute atomic E-state index is 0.112. The van der Waals surface area contributed by atoms with Crippen molar-refractivity contribution in [2.75, 3.05) is 33.2 Å². The minimum Gasteiger partial charge on any atom is -0.336 e. The van der Waals surface area contributed by atoms with E-state index in [0.29, 0.717) is 31.7 Å². The first kappa shape index (κ1) is 22.3. The Morgan fingerprint density at radius 2 is 1.61 bits per heavy atom. The maximum absolute atomic E-state index is 12.8. The predicted octanol–water partition coefficient (Wildman–Crippen LogP) is 2.02. The lowest BCUT2D eigenvalue weighted by Crippen LogP contribution is -2.52. The average molecular weight is 407 g/mol. The van der Waals surface area contributed by atoms with Crippen LogP contribution in [0.25, 0.3) is 0 Å². The zero-order valence-electron chi connectivity index (χ0n) is 17.3. The summed E-state index contributed by atoms with van der Waals surface area (Å²) in [5.74, 6) is 0.129. The molecule has 1 aromatic rings. The summed E-state index contributed by atoms with van der Waals surface area (Å²) >= 11 is 0. The second-order valence-electron chi connectivity index (χ2n) is 7.79. The van der Waals surface area contributed by atoms with Gasteiger partial charge in [-0.15, -0.1) is 0 Å². The number of sulfonamides is 1. The molecule has 1 amide bonds. The molecule has 1 saturated heterocycles. The number of amides is 1. The Morgan fingerprint density at radius 3 is 2.04 bits per heavy atom. The van der Waals surface area contributed by atoms with E-state index in [0.717, 1.165) is 0 Å². The number of rotatable bonds is 6. The van der Waals surface area contributed by atoms with Crippen LogP contribution in [0.15, 0.2) is 29.2 Å². The standard InChI is InChI=1S/C20H30N4O3S/c1-15(2)19(14-21)23-10-12-24(13-11-23)20(25)17-6-8-18(9-7-17)28(26,27)22(5)16(3)4/h6-9,15-16,19H,10-13H2,1-5H3. The van der Waals surface area contributed by atoms with Crippen molar-refractivity contribution in [1.82, 2.24) is 14.1 Å². The Morgan fingerprint density at radius 1 is 1.07 bits per heavy atom. The second kappa shape index (κ2) is 9.03. The molecule has 0 aromatic heterocycles. The maximum Gasteiger partial charge on any atom is 0.253 e. The van der Waals surface area contributed by atoms with Gasteiger partial charge in [-0.1, -0.05) is 13.8 Å². The summed E-state index contributed by atoms with van der Waals surface area (Å²) in [4.78, 5) is 16.8. The molecule has 1 aliphatic heterocycles. The first-order valence-corrected chi connectivity index (χ1v) is 11.0. The number of carbonyl (C=O) groups is 1. The molecule has 28 heavy (non-hydrogen) atoms. The molecule has 0 aliphatic carbocycles. The lowest BCUT2D eigenvalue weighted by atomic mass is 10.0. The van der Waals surface area contributed by atoms with Crippen LogP contribution in [0.5, 0.6) is 0 Å². The molecule has 1 fully saturated rings. The van der Waals surface area contributed by atoms with E-state index >= 15 is 0 Å². The number of carbonyl (C=O) groups excluding carboxylic acids is 1. The molecule has 8 heteroatoms. The topological polar surface area (TPSA) is 84.7 Å². The Bertz CT molecular complexity index is 820. The van der Waals surface area contributed by atoms with Crippen LogP contribution < -0.4 is 0 Å². The third-order valence-electron chi connectivity index (χ3n) is 5.26. The van der Waals surface area contributed by atoms with Gasteiger partial charge in [-0.3, -0.25) is 9.69 Å². The van der Waals surface area contributed by atoms with E-state index < -0.39 is 10.0 Å². The van der Waals surface area contributed by atoms with Gasteiger partial charge >= 0.3 is 0 Å². The van der Waals surface area contributed by atoms with Crippen molar-refractivity contribution in [2.45, 2.75) is 44.7 Å². The molecule has 0 saturated carbocycles. The Labute approximate surface area is 168 Å². The van der Waals surface area contributed by atoms with Gasteiger partial charge in [0, 0.05) is 44.8 Å². The van der Waals surface area contributed by atoms with Gasteiger partial charge in [0.25, 0.3) is 5.91 Å². The fourth-order valence-electron chi connectivity index (χ4n) is 3.25. The van der Waals surface area contributed by atoms with Gasteiger partial charge in [0.15, 0.2) is 0 Å². The van der Waals surface area contributed by atoms with Gasteiger partial charge in [-0.05, 0) is 44.0 Å². The van der Waals surface area contributed by atoms with E-state index in [2.05, 4.69) is 11.0 Å². The monoisotopic (exact) mass is 406 g/mol. The number of benzene rings is 1. The normalized spacial score (nSPS) is 17.2. The van der Waals surface area contributed by atoms with E-state index in [1.807, 2.05) is 27.7 Å². The van der Waals surface area contributed by atoms with Gasteiger partial charge in [-0.25, -0.2) is 8.42 Å². The maximum atomic E-state index is 12.8. The van der Waals surface area contributed by atoms with Crippen molar-refractivity contribution in [3.63, 3.8) is 0 Å². The summed E-state index contributed by atoms with van der Waals surface area (Å²) in [7, 11) is -2.02. The molecule has 1 unspecified atom stereocenters. The van der Waals surface area contributed by atoms with Gasteiger partial charge in [0.1, 0.15) is 6.04 Å². The van der Waals surface area contributed by atoms with Crippen LogP contribution >= 0.6 is 0 Å². The minimum atomic E-state index is -3.56. The molecule has 2 rings (SSSR count). The van der Waals surface area contributed by atoms with Crippen LogP contribution in [0.4, 0.5) is 0 Å². The van der Waals surface area contributed by atoms with Crippen molar-refractivity contribution in [2.24, 2.45) is 5.92 Å². The molecule has 0 spiro atoms. The summed E-state index contributed by atoms with van der Waals surface area (Å²) < 4.78 is 26.4. The highest BCUT2D eigenvalue weighted by Gasteiger charge is 2.28. The van der Waals surface area contributed by atoms with Crippen LogP contribution in [0.2, 0.25) is 0 Å². The molecule has 154 valence electrons. The van der Waals surface area contributed by atoms with E-state index in [1.54, 1.807) is 24.1 Å². The van der Waals surface area contributed by atoms with Crippen molar-refractivity contribution in [3.05, 3.63) is 29.8 Å². The summed E-state index contributed by atoms with van der Waals surface area (Å²) in [5.41, 5.74) is 0.472. The van der Waals surface area contributed by atoms with E-state index in [4.69, 9.17) is 0 Å². The van der Waals surface area contributed by atoms with E-state index in [-0.39, 0.29) is 28.8 Å². The summed E-state index contributed by atoms with van der Waals surface area (Å²) in [6, 6.07) is 8.18. The third kappa shape index (κ3) is 4.72. The van der Waals surface area contributed by atoms with Crippen molar-refractivity contribution in [1.29, 1.82) is 5.26 Å². The number of nitrogens with zero attached hydrogens (tertiary/aromatic N) is 4. The Hall–Kier alpha value is -1.95. The molecule has 1 atom stereocenters. The highest BCUT2D eigenvalue weighted by Crippen LogP contribution is 2.19. The Kier molecular flexibility index (Phi) is 7.21. The van der Waals surface area contributed by atoms with Crippen LogP contribution in [-0.4, -0.2) is 73.7 Å². The number of piperazine rings is 1. The average Bonchev–Trinajstić information content (AvgIpc) is 2.67. The molecule has 0 bridgehead atoms. The second-order valence-corrected chi connectivity index (χ2v) is 9.78. The third-order valence-corrected chi connectivity index (χ3v) is 7.31. The van der Waals surface area contributed by atoms with Crippen LogP contribution in [0.1, 0.15) is 38.1 Å². The number of hydrogen-bond acceptors (Lipinski definition) is 5. The van der Waals surface area contributed by atoms with Crippen molar-refractivity contribution in [3.8, 4) is 6.07 Å². The molecule has 1 aliphatic rings. The van der Waals surface area contributed by atoms with E-state index in [9.17, 15) is 18.5 Å². The van der Waals surface area contributed by atoms with Crippen molar-refractivity contribution >= 4 is 15.9 Å². The molecule has 7 nitrogen and oxygen atoms in total. The van der Waals surface area contributed by atoms with Gasteiger partial charge in [0.05, 0.1) is 11.0 Å². The molecule has 1 aromatic carbocycles. The first-order valence-electron chi connectivity index (χ1n) is 9.60. The lowest BCUT2D eigenvalue weighted by molar-refractivity contribution is 0.0576. The highest BCUT2D eigenvalue weighted by atomic mass is 32.2. The first-order chi connectivity index (χ1) is 13.1. The SMILES string of the molecule is CC(C)C(C#N)N1CCN(C(=O)c2ccc(S(=O)(=O)N(C)C(C)C)cc2)CC1. The zero-order valence-corrected chi connectivity index (χ0v) is 18.1. The fraction of sp³-hybridized carbons (Fsp3) is 0.600. The van der Waals surface area contributed by atoms with Gasteiger partial charge < -0.3 is 4.90 Å². The van der Waals surface area contributed by atoms with Crippen molar-refractivity contribution < 1.29 is 13.2 Å². The predicted molar refractivity (Wildman–Crippen MR) is 108 cm³/mol. The molecule has 0 N–H and O–H groups in total. The fourth-order valence-corrected chi connectivity index (χ4v) is 4.62. The largest absolute Gasteiger partial charge is 0.336 e. The quantitative estimate of drug-likeness (QED) is 0.722. The van der Waals surface area contributed by atoms with Crippen LogP contribution in [0, 0.1) is 17.2 Å². The molecule has 0 radical (unpaired) electrons. The zero-order chi connectivity index (χ0) is 21.1. The highest BCUT2D eigenvalue weighted by molar-refractivity contribution is 7.89. The van der Waals surface area contributed by atoms with E-state index in [1.165, 1.54) is 16.4 Å².